The summed E-state index contributed by atoms with van der Waals surface area (Å²) in [7, 11) is 0. The van der Waals surface area contributed by atoms with E-state index in [1.165, 1.54) is 25.7 Å². The predicted molar refractivity (Wildman–Crippen MR) is 61.5 cm³/mol. The highest BCUT2D eigenvalue weighted by atomic mass is 32.2. The second-order valence-electron chi connectivity index (χ2n) is 4.84. The predicted octanol–water partition coefficient (Wildman–Crippen LogP) is 2.12. The van der Waals surface area contributed by atoms with Gasteiger partial charge >= 0.3 is 0 Å². The van der Waals surface area contributed by atoms with Gasteiger partial charge in [-0.05, 0) is 38.5 Å². The molecule has 0 unspecified atom stereocenters. The van der Waals surface area contributed by atoms with Gasteiger partial charge in [-0.2, -0.15) is 0 Å². The number of nitrogens with one attached hydrogen (secondary N) is 1. The molecule has 1 aliphatic carbocycles. The van der Waals surface area contributed by atoms with Gasteiger partial charge in [0.1, 0.15) is 0 Å². The zero-order chi connectivity index (χ0) is 10.1. The molecule has 2 rings (SSSR count). The number of hydrogen-bond acceptors (Lipinski definition) is 3. The minimum absolute atomic E-state index is 0.180. The first-order chi connectivity index (χ1) is 6.68. The quantitative estimate of drug-likeness (QED) is 0.756. The average molecular weight is 215 g/mol. The third-order valence-electron chi connectivity index (χ3n) is 3.74. The summed E-state index contributed by atoms with van der Waals surface area (Å²) in [6.45, 7) is 1.12. The minimum atomic E-state index is -0.361. The van der Waals surface area contributed by atoms with Crippen LogP contribution < -0.4 is 5.32 Å². The molecule has 2 aliphatic rings. The fraction of sp³-hybridized carbons (Fsp3) is 1.00. The molecule has 1 aliphatic heterocycles. The standard InChI is InChI=1S/C11H21NOS/c1-14-11(7-4-8-12-11)9-10(13)5-2-3-6-10/h12-13H,2-9H2,1H3/t11-/m1/s1. The maximum absolute atomic E-state index is 10.4. The van der Waals surface area contributed by atoms with Crippen molar-refractivity contribution in [3.8, 4) is 0 Å². The first-order valence-corrected chi connectivity index (χ1v) is 6.93. The highest BCUT2D eigenvalue weighted by Gasteiger charge is 2.42. The molecule has 1 saturated heterocycles. The smallest absolute Gasteiger partial charge is 0.0673 e. The Kier molecular flexibility index (Phi) is 3.10. The Labute approximate surface area is 90.8 Å². The second kappa shape index (κ2) is 4.03. The molecule has 1 atom stereocenters. The molecule has 3 heteroatoms. The molecule has 0 aromatic rings. The fourth-order valence-corrected chi connectivity index (χ4v) is 3.93. The Bertz CT molecular complexity index is 195. The molecule has 0 amide bonds. The zero-order valence-corrected chi connectivity index (χ0v) is 9.83. The topological polar surface area (TPSA) is 32.3 Å². The van der Waals surface area contributed by atoms with Crippen LogP contribution in [-0.4, -0.2) is 28.4 Å². The van der Waals surface area contributed by atoms with Crippen molar-refractivity contribution in [2.75, 3.05) is 12.8 Å². The van der Waals surface area contributed by atoms with Crippen molar-refractivity contribution < 1.29 is 5.11 Å². The molecular weight excluding hydrogens is 194 g/mol. The molecule has 1 saturated carbocycles. The van der Waals surface area contributed by atoms with E-state index in [0.29, 0.717) is 0 Å². The number of aliphatic hydroxyl groups is 1. The first-order valence-electron chi connectivity index (χ1n) is 5.71. The molecule has 1 heterocycles. The summed E-state index contributed by atoms with van der Waals surface area (Å²) in [5.74, 6) is 0. The molecule has 0 spiro atoms. The molecule has 2 nitrogen and oxygen atoms in total. The van der Waals surface area contributed by atoms with Crippen LogP contribution in [0, 0.1) is 0 Å². The molecule has 0 aromatic carbocycles. The van der Waals surface area contributed by atoms with Gasteiger partial charge in [0.15, 0.2) is 0 Å². The summed E-state index contributed by atoms with van der Waals surface area (Å²) in [6, 6.07) is 0. The fourth-order valence-electron chi connectivity index (χ4n) is 2.92. The molecular formula is C11H21NOS. The van der Waals surface area contributed by atoms with E-state index in [9.17, 15) is 5.11 Å². The lowest BCUT2D eigenvalue weighted by molar-refractivity contribution is 0.0260. The molecule has 14 heavy (non-hydrogen) atoms. The Balaban J connectivity index is 1.99. The van der Waals surface area contributed by atoms with Crippen molar-refractivity contribution in [2.45, 2.75) is 55.4 Å². The molecule has 0 aromatic heterocycles. The van der Waals surface area contributed by atoms with Gasteiger partial charge < -0.3 is 10.4 Å². The van der Waals surface area contributed by atoms with Crippen LogP contribution >= 0.6 is 11.8 Å². The lowest BCUT2D eigenvalue weighted by atomic mass is 9.92. The lowest BCUT2D eigenvalue weighted by Gasteiger charge is -2.35. The molecule has 2 fully saturated rings. The van der Waals surface area contributed by atoms with Crippen LogP contribution in [0.3, 0.4) is 0 Å². The molecule has 2 N–H and O–H groups in total. The largest absolute Gasteiger partial charge is 0.390 e. The Morgan fingerprint density at radius 2 is 1.93 bits per heavy atom. The van der Waals surface area contributed by atoms with E-state index in [4.69, 9.17) is 0 Å². The normalized spacial score (nSPS) is 36.4. The average Bonchev–Trinajstić information content (AvgIpc) is 2.76. The van der Waals surface area contributed by atoms with Crippen LogP contribution in [0.5, 0.6) is 0 Å². The van der Waals surface area contributed by atoms with Gasteiger partial charge in [-0.15, -0.1) is 11.8 Å². The summed E-state index contributed by atoms with van der Waals surface area (Å²) in [5.41, 5.74) is -0.361. The number of thioether (sulfide) groups is 1. The van der Waals surface area contributed by atoms with Gasteiger partial charge in [0.2, 0.25) is 0 Å². The Morgan fingerprint density at radius 3 is 2.43 bits per heavy atom. The monoisotopic (exact) mass is 215 g/mol. The van der Waals surface area contributed by atoms with E-state index >= 15 is 0 Å². The van der Waals surface area contributed by atoms with E-state index in [1.54, 1.807) is 0 Å². The summed E-state index contributed by atoms with van der Waals surface area (Å²) >= 11 is 1.89. The number of hydrogen-bond donors (Lipinski definition) is 2. The van der Waals surface area contributed by atoms with Crippen LogP contribution in [0.25, 0.3) is 0 Å². The van der Waals surface area contributed by atoms with Crippen molar-refractivity contribution in [1.29, 1.82) is 0 Å². The second-order valence-corrected chi connectivity index (χ2v) is 6.03. The minimum Gasteiger partial charge on any atom is -0.390 e. The van der Waals surface area contributed by atoms with Gasteiger partial charge in [-0.3, -0.25) is 0 Å². The van der Waals surface area contributed by atoms with Crippen molar-refractivity contribution in [3.05, 3.63) is 0 Å². The van der Waals surface area contributed by atoms with Crippen molar-refractivity contribution in [3.63, 3.8) is 0 Å². The van der Waals surface area contributed by atoms with Crippen LogP contribution in [-0.2, 0) is 0 Å². The van der Waals surface area contributed by atoms with Gasteiger partial charge in [0.25, 0.3) is 0 Å². The molecule has 0 radical (unpaired) electrons. The van der Waals surface area contributed by atoms with E-state index in [1.807, 2.05) is 11.8 Å². The van der Waals surface area contributed by atoms with E-state index in [0.717, 1.165) is 25.8 Å². The lowest BCUT2D eigenvalue weighted by Crippen LogP contribution is -2.44. The van der Waals surface area contributed by atoms with Crippen LogP contribution in [0.2, 0.25) is 0 Å². The third kappa shape index (κ3) is 2.10. The Morgan fingerprint density at radius 1 is 1.21 bits per heavy atom. The van der Waals surface area contributed by atoms with Crippen molar-refractivity contribution in [2.24, 2.45) is 0 Å². The zero-order valence-electron chi connectivity index (χ0n) is 9.01. The SMILES string of the molecule is CS[C@@]1(CC2(O)CCCC2)CCCN1. The summed E-state index contributed by atoms with van der Waals surface area (Å²) in [4.78, 5) is 0.180. The first kappa shape index (κ1) is 10.8. The third-order valence-corrected chi connectivity index (χ3v) is 5.02. The van der Waals surface area contributed by atoms with E-state index in [-0.39, 0.29) is 10.5 Å². The molecule has 82 valence electrons. The maximum Gasteiger partial charge on any atom is 0.0673 e. The van der Waals surface area contributed by atoms with E-state index < -0.39 is 0 Å². The van der Waals surface area contributed by atoms with Gasteiger partial charge in [-0.1, -0.05) is 12.8 Å². The van der Waals surface area contributed by atoms with Crippen molar-refractivity contribution in [1.82, 2.24) is 5.32 Å². The van der Waals surface area contributed by atoms with E-state index in [2.05, 4.69) is 11.6 Å². The maximum atomic E-state index is 10.4. The summed E-state index contributed by atoms with van der Waals surface area (Å²) < 4.78 is 0. The van der Waals surface area contributed by atoms with Gasteiger partial charge in [0.05, 0.1) is 10.5 Å². The highest BCUT2D eigenvalue weighted by Crippen LogP contribution is 2.43. The summed E-state index contributed by atoms with van der Waals surface area (Å²) in [5, 5.41) is 14.0. The highest BCUT2D eigenvalue weighted by molar-refractivity contribution is 7.99. The van der Waals surface area contributed by atoms with Crippen molar-refractivity contribution >= 4 is 11.8 Å². The van der Waals surface area contributed by atoms with Gasteiger partial charge in [0, 0.05) is 6.42 Å². The van der Waals surface area contributed by atoms with Crippen LogP contribution in [0.15, 0.2) is 0 Å². The number of rotatable bonds is 3. The Hall–Kier alpha value is 0.270. The molecule has 0 bridgehead atoms. The van der Waals surface area contributed by atoms with Crippen LogP contribution in [0.4, 0.5) is 0 Å². The van der Waals surface area contributed by atoms with Crippen LogP contribution in [0.1, 0.15) is 44.9 Å². The summed E-state index contributed by atoms with van der Waals surface area (Å²) in [6.07, 6.45) is 10.0. The van der Waals surface area contributed by atoms with Gasteiger partial charge in [-0.25, -0.2) is 0 Å².